The largest absolute Gasteiger partial charge is 0.508 e. The molecule has 7 heteroatoms. The molecule has 21 heavy (non-hydrogen) atoms. The summed E-state index contributed by atoms with van der Waals surface area (Å²) in [6.07, 6.45) is 0.158. The van der Waals surface area contributed by atoms with Crippen LogP contribution in [-0.4, -0.2) is 54.7 Å². The molecule has 1 aromatic rings. The number of phenols is 1. The molecule has 0 aliphatic carbocycles. The van der Waals surface area contributed by atoms with Gasteiger partial charge in [0, 0.05) is 32.1 Å². The summed E-state index contributed by atoms with van der Waals surface area (Å²) in [6, 6.07) is 3.30. The quantitative estimate of drug-likeness (QED) is 0.848. The molecule has 1 aromatic carbocycles. The third-order valence-corrected chi connectivity index (χ3v) is 3.19. The number of nitrogens with zero attached hydrogens (tertiary/aromatic N) is 1. The minimum Gasteiger partial charge on any atom is -0.508 e. The number of rotatable bonds is 4. The van der Waals surface area contributed by atoms with Crippen LogP contribution in [0.5, 0.6) is 5.75 Å². The van der Waals surface area contributed by atoms with Crippen LogP contribution >= 0.6 is 0 Å². The molecular weight excluding hydrogens is 279 g/mol. The van der Waals surface area contributed by atoms with Gasteiger partial charge in [0.25, 0.3) is 5.91 Å². The molecule has 114 valence electrons. The number of hydrogen-bond acceptors (Lipinski definition) is 4. The van der Waals surface area contributed by atoms with Crippen LogP contribution in [0.15, 0.2) is 18.2 Å². The topological polar surface area (TPSA) is 78.9 Å². The van der Waals surface area contributed by atoms with E-state index in [0.29, 0.717) is 26.3 Å². The van der Waals surface area contributed by atoms with Gasteiger partial charge in [0.15, 0.2) is 0 Å². The van der Waals surface area contributed by atoms with E-state index in [1.54, 1.807) is 4.90 Å². The zero-order valence-electron chi connectivity index (χ0n) is 11.5. The van der Waals surface area contributed by atoms with Gasteiger partial charge < -0.3 is 20.1 Å². The maximum Gasteiger partial charge on any atom is 0.254 e. The summed E-state index contributed by atoms with van der Waals surface area (Å²) in [5, 5.41) is 11.6. The molecule has 0 aromatic heterocycles. The Morgan fingerprint density at radius 1 is 1.33 bits per heavy atom. The Kier molecular flexibility index (Phi) is 5.10. The molecule has 2 rings (SSSR count). The third-order valence-electron chi connectivity index (χ3n) is 3.19. The van der Waals surface area contributed by atoms with E-state index in [2.05, 4.69) is 5.32 Å². The first kappa shape index (κ1) is 15.2. The maximum absolute atomic E-state index is 13.5. The minimum atomic E-state index is -0.799. The second-order valence-electron chi connectivity index (χ2n) is 4.66. The van der Waals surface area contributed by atoms with Crippen LogP contribution in [0.25, 0.3) is 0 Å². The number of carbonyl (C=O) groups excluding carboxylic acids is 2. The molecular formula is C14H17FN2O4. The molecule has 0 unspecified atom stereocenters. The van der Waals surface area contributed by atoms with Crippen LogP contribution in [0.2, 0.25) is 0 Å². The fourth-order valence-electron chi connectivity index (χ4n) is 2.04. The number of carbonyl (C=O) groups is 2. The molecule has 1 aliphatic heterocycles. The van der Waals surface area contributed by atoms with Crippen LogP contribution in [0.4, 0.5) is 4.39 Å². The Balaban J connectivity index is 1.79. The van der Waals surface area contributed by atoms with E-state index in [0.717, 1.165) is 6.07 Å². The van der Waals surface area contributed by atoms with Crippen molar-refractivity contribution in [3.05, 3.63) is 29.6 Å². The molecule has 0 bridgehead atoms. The van der Waals surface area contributed by atoms with E-state index in [-0.39, 0.29) is 30.2 Å². The van der Waals surface area contributed by atoms with Crippen molar-refractivity contribution in [2.45, 2.75) is 6.42 Å². The Hall–Kier alpha value is -2.15. The number of hydrogen-bond donors (Lipinski definition) is 2. The van der Waals surface area contributed by atoms with Gasteiger partial charge in [-0.1, -0.05) is 0 Å². The van der Waals surface area contributed by atoms with Crippen molar-refractivity contribution in [2.24, 2.45) is 0 Å². The van der Waals surface area contributed by atoms with Crippen LogP contribution in [0.3, 0.4) is 0 Å². The Morgan fingerprint density at radius 2 is 2.05 bits per heavy atom. The fourth-order valence-corrected chi connectivity index (χ4v) is 2.04. The SMILES string of the molecule is O=C(NCCC(=O)N1CCOCC1)c1ccc(O)cc1F. The summed E-state index contributed by atoms with van der Waals surface area (Å²) in [6.45, 7) is 2.29. The number of aromatic hydroxyl groups is 1. The molecule has 0 atom stereocenters. The number of ether oxygens (including phenoxy) is 1. The highest BCUT2D eigenvalue weighted by Crippen LogP contribution is 2.14. The lowest BCUT2D eigenvalue weighted by Gasteiger charge is -2.26. The number of benzene rings is 1. The van der Waals surface area contributed by atoms with E-state index < -0.39 is 11.7 Å². The monoisotopic (exact) mass is 296 g/mol. The van der Waals surface area contributed by atoms with Gasteiger partial charge in [0.1, 0.15) is 11.6 Å². The molecule has 0 radical (unpaired) electrons. The van der Waals surface area contributed by atoms with Gasteiger partial charge in [-0.25, -0.2) is 4.39 Å². The van der Waals surface area contributed by atoms with Crippen molar-refractivity contribution in [2.75, 3.05) is 32.8 Å². The summed E-state index contributed by atoms with van der Waals surface area (Å²) in [5.41, 5.74) is -0.161. The van der Waals surface area contributed by atoms with Gasteiger partial charge in [-0.2, -0.15) is 0 Å². The van der Waals surface area contributed by atoms with Gasteiger partial charge in [-0.3, -0.25) is 9.59 Å². The summed E-state index contributed by atoms with van der Waals surface area (Å²) in [7, 11) is 0. The van der Waals surface area contributed by atoms with Crippen molar-refractivity contribution in [3.8, 4) is 5.75 Å². The summed E-state index contributed by atoms with van der Waals surface area (Å²) < 4.78 is 18.6. The zero-order valence-corrected chi connectivity index (χ0v) is 11.5. The van der Waals surface area contributed by atoms with Crippen LogP contribution in [0, 0.1) is 5.82 Å². The van der Waals surface area contributed by atoms with Gasteiger partial charge in [0.2, 0.25) is 5.91 Å². The Bertz CT molecular complexity index is 530. The third kappa shape index (κ3) is 4.16. The van der Waals surface area contributed by atoms with Crippen LogP contribution < -0.4 is 5.32 Å². The molecule has 2 amide bonds. The Morgan fingerprint density at radius 3 is 2.71 bits per heavy atom. The first-order chi connectivity index (χ1) is 10.1. The zero-order chi connectivity index (χ0) is 15.2. The van der Waals surface area contributed by atoms with Crippen molar-refractivity contribution in [1.82, 2.24) is 10.2 Å². The smallest absolute Gasteiger partial charge is 0.254 e. The summed E-state index contributed by atoms with van der Waals surface area (Å²) in [5.74, 6) is -1.72. The van der Waals surface area contributed by atoms with E-state index in [4.69, 9.17) is 9.84 Å². The lowest BCUT2D eigenvalue weighted by atomic mass is 10.2. The molecule has 1 heterocycles. The second kappa shape index (κ2) is 7.03. The first-order valence-corrected chi connectivity index (χ1v) is 6.70. The number of halogens is 1. The lowest BCUT2D eigenvalue weighted by Crippen LogP contribution is -2.42. The molecule has 1 aliphatic rings. The van der Waals surface area contributed by atoms with Crippen molar-refractivity contribution < 1.29 is 23.8 Å². The van der Waals surface area contributed by atoms with Crippen LogP contribution in [0.1, 0.15) is 16.8 Å². The lowest BCUT2D eigenvalue weighted by molar-refractivity contribution is -0.135. The standard InChI is InChI=1S/C14H17FN2O4/c15-12-9-10(18)1-2-11(12)14(20)16-4-3-13(19)17-5-7-21-8-6-17/h1-2,9,18H,3-8H2,(H,16,20). The highest BCUT2D eigenvalue weighted by Gasteiger charge is 2.17. The predicted molar refractivity (Wildman–Crippen MR) is 72.4 cm³/mol. The van der Waals surface area contributed by atoms with Crippen molar-refractivity contribution in [3.63, 3.8) is 0 Å². The second-order valence-corrected chi connectivity index (χ2v) is 4.66. The molecule has 1 saturated heterocycles. The van der Waals surface area contributed by atoms with Gasteiger partial charge in [0.05, 0.1) is 18.8 Å². The first-order valence-electron chi connectivity index (χ1n) is 6.70. The maximum atomic E-state index is 13.5. The fraction of sp³-hybridized carbons (Fsp3) is 0.429. The highest BCUT2D eigenvalue weighted by molar-refractivity contribution is 5.94. The average molecular weight is 296 g/mol. The number of nitrogens with one attached hydrogen (secondary N) is 1. The van der Waals surface area contributed by atoms with E-state index in [9.17, 15) is 14.0 Å². The summed E-state index contributed by atoms with van der Waals surface area (Å²) in [4.78, 5) is 25.3. The normalized spacial score (nSPS) is 14.8. The predicted octanol–water partition coefficient (Wildman–Crippen LogP) is 0.510. The number of morpholine rings is 1. The summed E-state index contributed by atoms with van der Waals surface area (Å²) >= 11 is 0. The van der Waals surface area contributed by atoms with E-state index in [1.165, 1.54) is 12.1 Å². The molecule has 1 fully saturated rings. The van der Waals surface area contributed by atoms with E-state index in [1.807, 2.05) is 0 Å². The molecule has 2 N–H and O–H groups in total. The van der Waals surface area contributed by atoms with Crippen molar-refractivity contribution in [1.29, 1.82) is 0 Å². The van der Waals surface area contributed by atoms with Gasteiger partial charge in [-0.15, -0.1) is 0 Å². The molecule has 6 nitrogen and oxygen atoms in total. The van der Waals surface area contributed by atoms with Crippen molar-refractivity contribution >= 4 is 11.8 Å². The van der Waals surface area contributed by atoms with Gasteiger partial charge in [-0.05, 0) is 12.1 Å². The molecule has 0 spiro atoms. The number of amides is 2. The van der Waals surface area contributed by atoms with Crippen LogP contribution in [-0.2, 0) is 9.53 Å². The van der Waals surface area contributed by atoms with E-state index >= 15 is 0 Å². The van der Waals surface area contributed by atoms with Gasteiger partial charge >= 0.3 is 0 Å². The average Bonchev–Trinajstić information content (AvgIpc) is 2.47. The Labute approximate surface area is 121 Å². The molecule has 0 saturated carbocycles. The number of phenolic OH excluding ortho intramolecular Hbond substituents is 1. The highest BCUT2D eigenvalue weighted by atomic mass is 19.1. The minimum absolute atomic E-state index is 0.0650.